The molecule has 310 valence electrons. The largest absolute Gasteiger partial charge is 0.394 e. The number of rotatable bonds is 44. The molecule has 0 aromatic heterocycles. The summed E-state index contributed by atoms with van der Waals surface area (Å²) < 4.78 is 0. The van der Waals surface area contributed by atoms with Crippen LogP contribution in [0, 0.1) is 0 Å². The number of amides is 1. The van der Waals surface area contributed by atoms with Crippen LogP contribution in [0.5, 0.6) is 0 Å². The average molecular weight is 734 g/mol. The van der Waals surface area contributed by atoms with Gasteiger partial charge in [0.1, 0.15) is 0 Å². The highest BCUT2D eigenvalue weighted by Crippen LogP contribution is 2.17. The van der Waals surface area contributed by atoms with Gasteiger partial charge in [-0.1, -0.05) is 257 Å². The van der Waals surface area contributed by atoms with Crippen molar-refractivity contribution in [2.24, 2.45) is 0 Å². The van der Waals surface area contributed by atoms with Gasteiger partial charge >= 0.3 is 0 Å². The van der Waals surface area contributed by atoms with Crippen LogP contribution in [0.2, 0.25) is 0 Å². The number of nitrogens with one attached hydrogen (secondary N) is 1. The van der Waals surface area contributed by atoms with E-state index in [9.17, 15) is 15.0 Å². The molecule has 1 amide bonds. The quantitative estimate of drug-likeness (QED) is 0.0431. The molecule has 0 rings (SSSR count). The van der Waals surface area contributed by atoms with Gasteiger partial charge in [0.25, 0.3) is 0 Å². The maximum Gasteiger partial charge on any atom is 0.220 e. The summed E-state index contributed by atoms with van der Waals surface area (Å²) in [5, 5.41) is 22.9. The van der Waals surface area contributed by atoms with Gasteiger partial charge < -0.3 is 15.5 Å². The third-order valence-corrected chi connectivity index (χ3v) is 11.3. The second kappa shape index (κ2) is 44.5. The van der Waals surface area contributed by atoms with Crippen LogP contribution in [-0.2, 0) is 4.79 Å². The van der Waals surface area contributed by atoms with Crippen LogP contribution >= 0.6 is 0 Å². The molecule has 0 radical (unpaired) electrons. The molecular weight excluding hydrogens is 639 g/mol. The molecule has 4 nitrogen and oxygen atoms in total. The molecule has 0 bridgehead atoms. The summed E-state index contributed by atoms with van der Waals surface area (Å²) in [4.78, 5) is 12.3. The van der Waals surface area contributed by atoms with Gasteiger partial charge in [-0.2, -0.15) is 0 Å². The molecule has 0 aliphatic rings. The number of carbonyl (C=O) groups excluding carboxylic acids is 1. The minimum absolute atomic E-state index is 0.0662. The van der Waals surface area contributed by atoms with E-state index in [-0.39, 0.29) is 12.5 Å². The number of hydrogen-bond donors (Lipinski definition) is 3. The van der Waals surface area contributed by atoms with E-state index in [1.54, 1.807) is 6.08 Å². The molecule has 3 N–H and O–H groups in total. The van der Waals surface area contributed by atoms with Crippen LogP contribution in [0.1, 0.15) is 271 Å². The zero-order valence-electron chi connectivity index (χ0n) is 35.6. The Morgan fingerprint density at radius 2 is 0.712 bits per heavy atom. The maximum absolute atomic E-state index is 12.3. The molecule has 0 saturated heterocycles. The predicted molar refractivity (Wildman–Crippen MR) is 230 cm³/mol. The first-order chi connectivity index (χ1) is 25.7. The van der Waals surface area contributed by atoms with Gasteiger partial charge in [0.05, 0.1) is 18.8 Å². The first kappa shape index (κ1) is 51.1. The molecule has 0 aromatic carbocycles. The smallest absolute Gasteiger partial charge is 0.220 e. The van der Waals surface area contributed by atoms with E-state index in [2.05, 4.69) is 19.2 Å². The van der Waals surface area contributed by atoms with Crippen molar-refractivity contribution in [3.63, 3.8) is 0 Å². The summed E-state index contributed by atoms with van der Waals surface area (Å²) in [5.74, 6) is -0.0662. The summed E-state index contributed by atoms with van der Waals surface area (Å²) in [6.07, 6.45) is 56.6. The summed E-state index contributed by atoms with van der Waals surface area (Å²) in [7, 11) is 0. The Morgan fingerprint density at radius 1 is 0.442 bits per heavy atom. The first-order valence-corrected chi connectivity index (χ1v) is 23.9. The standard InChI is InChI=1S/C48H95NO3/c1-3-5-7-9-11-13-14-15-16-17-18-19-20-21-22-23-24-25-26-27-28-29-30-31-32-33-34-35-36-37-39-41-43-47(51)46(45-50)49-48(52)44-42-40-38-12-10-8-6-4-2/h41,43,46-47,50-51H,3-40,42,44-45H2,1-2H3,(H,49,52)/b43-41+. The Hall–Kier alpha value is -0.870. The van der Waals surface area contributed by atoms with Crippen molar-refractivity contribution in [1.82, 2.24) is 5.32 Å². The van der Waals surface area contributed by atoms with Crippen LogP contribution in [0.4, 0.5) is 0 Å². The van der Waals surface area contributed by atoms with Gasteiger partial charge in [0, 0.05) is 6.42 Å². The number of hydrogen-bond acceptors (Lipinski definition) is 3. The van der Waals surface area contributed by atoms with Crippen molar-refractivity contribution in [2.45, 2.75) is 283 Å². The Balaban J connectivity index is 3.37. The number of unbranched alkanes of at least 4 members (excludes halogenated alkanes) is 37. The highest BCUT2D eigenvalue weighted by molar-refractivity contribution is 5.76. The zero-order chi connectivity index (χ0) is 37.8. The minimum Gasteiger partial charge on any atom is -0.394 e. The molecule has 4 heteroatoms. The van der Waals surface area contributed by atoms with Crippen molar-refractivity contribution in [3.05, 3.63) is 12.2 Å². The molecule has 52 heavy (non-hydrogen) atoms. The number of carbonyl (C=O) groups is 1. The molecule has 0 saturated carbocycles. The van der Waals surface area contributed by atoms with Gasteiger partial charge in [0.15, 0.2) is 0 Å². The lowest BCUT2D eigenvalue weighted by Crippen LogP contribution is -2.45. The van der Waals surface area contributed by atoms with E-state index in [1.165, 1.54) is 225 Å². The number of aliphatic hydroxyl groups is 2. The molecule has 0 heterocycles. The van der Waals surface area contributed by atoms with E-state index in [0.29, 0.717) is 6.42 Å². The summed E-state index contributed by atoms with van der Waals surface area (Å²) in [5.41, 5.74) is 0. The van der Waals surface area contributed by atoms with E-state index in [4.69, 9.17) is 0 Å². The maximum atomic E-state index is 12.3. The number of aliphatic hydroxyl groups excluding tert-OH is 2. The van der Waals surface area contributed by atoms with Crippen molar-refractivity contribution in [2.75, 3.05) is 6.61 Å². The second-order valence-electron chi connectivity index (χ2n) is 16.5. The lowest BCUT2D eigenvalue weighted by molar-refractivity contribution is -0.123. The number of allylic oxidation sites excluding steroid dienone is 1. The van der Waals surface area contributed by atoms with Gasteiger partial charge in [-0.3, -0.25) is 4.79 Å². The Bertz CT molecular complexity index is 710. The molecule has 0 aliphatic carbocycles. The fraction of sp³-hybridized carbons (Fsp3) is 0.938. The normalized spacial score (nSPS) is 12.9. The first-order valence-electron chi connectivity index (χ1n) is 23.9. The molecule has 0 aromatic rings. The monoisotopic (exact) mass is 734 g/mol. The van der Waals surface area contributed by atoms with Crippen LogP contribution in [0.25, 0.3) is 0 Å². The van der Waals surface area contributed by atoms with E-state index >= 15 is 0 Å². The second-order valence-corrected chi connectivity index (χ2v) is 16.5. The van der Waals surface area contributed by atoms with Crippen LogP contribution in [0.3, 0.4) is 0 Å². The van der Waals surface area contributed by atoms with Gasteiger partial charge in [-0.25, -0.2) is 0 Å². The van der Waals surface area contributed by atoms with Crippen molar-refractivity contribution in [1.29, 1.82) is 0 Å². The van der Waals surface area contributed by atoms with E-state index < -0.39 is 12.1 Å². The van der Waals surface area contributed by atoms with Gasteiger partial charge in [0.2, 0.25) is 5.91 Å². The van der Waals surface area contributed by atoms with Crippen LogP contribution in [0.15, 0.2) is 12.2 Å². The molecule has 0 aliphatic heterocycles. The van der Waals surface area contributed by atoms with Crippen LogP contribution in [-0.4, -0.2) is 34.9 Å². The lowest BCUT2D eigenvalue weighted by atomic mass is 10.0. The Morgan fingerprint density at radius 3 is 1.00 bits per heavy atom. The van der Waals surface area contributed by atoms with Crippen LogP contribution < -0.4 is 5.32 Å². The van der Waals surface area contributed by atoms with Crippen molar-refractivity contribution in [3.8, 4) is 0 Å². The highest BCUT2D eigenvalue weighted by atomic mass is 16.3. The average Bonchev–Trinajstić information content (AvgIpc) is 3.15. The van der Waals surface area contributed by atoms with Crippen molar-refractivity contribution >= 4 is 5.91 Å². The summed E-state index contributed by atoms with van der Waals surface area (Å²) >= 11 is 0. The Kier molecular flexibility index (Phi) is 43.8. The summed E-state index contributed by atoms with van der Waals surface area (Å²) in [6, 6.07) is -0.615. The molecular formula is C48H95NO3. The molecule has 2 unspecified atom stereocenters. The predicted octanol–water partition coefficient (Wildman–Crippen LogP) is 15.0. The lowest BCUT2D eigenvalue weighted by Gasteiger charge is -2.20. The molecule has 0 spiro atoms. The fourth-order valence-corrected chi connectivity index (χ4v) is 7.59. The molecule has 2 atom stereocenters. The third-order valence-electron chi connectivity index (χ3n) is 11.3. The summed E-state index contributed by atoms with van der Waals surface area (Å²) in [6.45, 7) is 4.29. The SMILES string of the molecule is CCCCCCCCCCCCCCCCCCCCCCCCCCCCCCCC/C=C/C(O)C(CO)NC(=O)CCCCCCCCCC. The minimum atomic E-state index is -0.832. The Labute approximate surface area is 327 Å². The van der Waals surface area contributed by atoms with Crippen molar-refractivity contribution < 1.29 is 15.0 Å². The van der Waals surface area contributed by atoms with Gasteiger partial charge in [-0.15, -0.1) is 0 Å². The van der Waals surface area contributed by atoms with E-state index in [1.807, 2.05) is 6.08 Å². The third kappa shape index (κ3) is 40.3. The highest BCUT2D eigenvalue weighted by Gasteiger charge is 2.18. The topological polar surface area (TPSA) is 69.6 Å². The van der Waals surface area contributed by atoms with Gasteiger partial charge in [-0.05, 0) is 19.3 Å². The molecule has 0 fully saturated rings. The fourth-order valence-electron chi connectivity index (χ4n) is 7.59. The zero-order valence-corrected chi connectivity index (χ0v) is 35.6. The van der Waals surface area contributed by atoms with E-state index in [0.717, 1.165) is 25.7 Å².